The van der Waals surface area contributed by atoms with Gasteiger partial charge in [0.15, 0.2) is 12.1 Å². The van der Waals surface area contributed by atoms with E-state index in [-0.39, 0.29) is 23.2 Å². The van der Waals surface area contributed by atoms with Crippen molar-refractivity contribution in [1.29, 1.82) is 0 Å². The highest BCUT2D eigenvalue weighted by Crippen LogP contribution is 2.33. The van der Waals surface area contributed by atoms with Crippen molar-refractivity contribution < 1.29 is 18.8 Å². The molecule has 0 spiro atoms. The number of nitrogens with zero attached hydrogens (tertiary/aromatic N) is 4. The van der Waals surface area contributed by atoms with Crippen LogP contribution in [-0.4, -0.2) is 41.4 Å². The zero-order valence-electron chi connectivity index (χ0n) is 15.0. The largest absolute Gasteiger partial charge is 0.350 e. The van der Waals surface area contributed by atoms with Gasteiger partial charge in [-0.1, -0.05) is 47.2 Å². The Bertz CT molecular complexity index is 1020. The Kier molecular flexibility index (Phi) is 4.98. The molecule has 2 aromatic rings. The number of amides is 3. The van der Waals surface area contributed by atoms with Crippen molar-refractivity contribution in [3.8, 4) is 0 Å². The summed E-state index contributed by atoms with van der Waals surface area (Å²) in [6, 6.07) is 10.8. The van der Waals surface area contributed by atoms with Gasteiger partial charge in [-0.2, -0.15) is 5.11 Å². The standard InChI is InChI=1S/C19H15ClFN5O3/c20-13-8-12(6-7-14(13)21)26-18(28)16-17(19(26)29)25(24-23-16)10-15(27)22-9-11-4-2-1-3-5-11/h1-8,16-17H,9-10H2,(H,22,27). The van der Waals surface area contributed by atoms with Gasteiger partial charge in [-0.05, 0) is 23.8 Å². The van der Waals surface area contributed by atoms with Crippen LogP contribution < -0.4 is 10.2 Å². The maximum atomic E-state index is 13.4. The maximum Gasteiger partial charge on any atom is 0.263 e. The molecule has 29 heavy (non-hydrogen) atoms. The van der Waals surface area contributed by atoms with Crippen molar-refractivity contribution in [3.63, 3.8) is 0 Å². The molecule has 0 radical (unpaired) electrons. The number of nitrogens with one attached hydrogen (secondary N) is 1. The highest BCUT2D eigenvalue weighted by atomic mass is 35.5. The average Bonchev–Trinajstić information content (AvgIpc) is 3.23. The summed E-state index contributed by atoms with van der Waals surface area (Å²) >= 11 is 5.76. The summed E-state index contributed by atoms with van der Waals surface area (Å²) in [4.78, 5) is 38.6. The molecule has 2 aliphatic heterocycles. The van der Waals surface area contributed by atoms with Gasteiger partial charge in [-0.25, -0.2) is 9.29 Å². The number of carbonyl (C=O) groups excluding carboxylic acids is 3. The van der Waals surface area contributed by atoms with Crippen LogP contribution in [0.5, 0.6) is 0 Å². The third kappa shape index (κ3) is 3.56. The van der Waals surface area contributed by atoms with Crippen LogP contribution >= 0.6 is 11.6 Å². The predicted octanol–water partition coefficient (Wildman–Crippen LogP) is 2.09. The van der Waals surface area contributed by atoms with Crippen molar-refractivity contribution >= 4 is 35.0 Å². The molecule has 2 unspecified atom stereocenters. The van der Waals surface area contributed by atoms with E-state index in [2.05, 4.69) is 15.7 Å². The van der Waals surface area contributed by atoms with Crippen LogP contribution in [-0.2, 0) is 20.9 Å². The highest BCUT2D eigenvalue weighted by Gasteiger charge is 2.55. The lowest BCUT2D eigenvalue weighted by atomic mass is 10.1. The molecule has 0 saturated carbocycles. The highest BCUT2D eigenvalue weighted by molar-refractivity contribution is 6.32. The first-order valence-electron chi connectivity index (χ1n) is 8.76. The average molecular weight is 416 g/mol. The normalized spacial score (nSPS) is 20.3. The second kappa shape index (κ2) is 7.59. The van der Waals surface area contributed by atoms with E-state index in [0.717, 1.165) is 16.5 Å². The summed E-state index contributed by atoms with van der Waals surface area (Å²) in [6.07, 6.45) is 0. The molecule has 8 nitrogen and oxygen atoms in total. The molecule has 1 fully saturated rings. The van der Waals surface area contributed by atoms with E-state index in [1.165, 1.54) is 17.1 Å². The van der Waals surface area contributed by atoms with Gasteiger partial charge in [0.25, 0.3) is 11.8 Å². The number of carbonyl (C=O) groups is 3. The van der Waals surface area contributed by atoms with Gasteiger partial charge in [-0.15, -0.1) is 0 Å². The fourth-order valence-electron chi connectivity index (χ4n) is 3.23. The smallest absolute Gasteiger partial charge is 0.263 e. The maximum absolute atomic E-state index is 13.4. The Morgan fingerprint density at radius 1 is 1.14 bits per heavy atom. The minimum atomic E-state index is -1.05. The van der Waals surface area contributed by atoms with Gasteiger partial charge >= 0.3 is 0 Å². The summed E-state index contributed by atoms with van der Waals surface area (Å²) in [5, 5.41) is 11.4. The molecule has 0 bridgehead atoms. The number of anilines is 1. The van der Waals surface area contributed by atoms with Gasteiger partial charge in [0.2, 0.25) is 5.91 Å². The second-order valence-corrected chi connectivity index (χ2v) is 6.97. The molecule has 10 heteroatoms. The van der Waals surface area contributed by atoms with E-state index >= 15 is 0 Å². The third-order valence-electron chi connectivity index (χ3n) is 4.66. The number of hydrogen-bond donors (Lipinski definition) is 1. The first kappa shape index (κ1) is 19.0. The Labute approximate surface area is 169 Å². The Morgan fingerprint density at radius 2 is 1.90 bits per heavy atom. The van der Waals surface area contributed by atoms with Gasteiger partial charge < -0.3 is 5.32 Å². The van der Waals surface area contributed by atoms with Gasteiger partial charge in [0, 0.05) is 6.54 Å². The van der Waals surface area contributed by atoms with Crippen LogP contribution in [0.3, 0.4) is 0 Å². The van der Waals surface area contributed by atoms with Crippen LogP contribution in [0.4, 0.5) is 10.1 Å². The summed E-state index contributed by atoms with van der Waals surface area (Å²) in [5.74, 6) is -2.22. The Hall–Kier alpha value is -3.33. The van der Waals surface area contributed by atoms with Crippen molar-refractivity contribution in [2.45, 2.75) is 18.6 Å². The van der Waals surface area contributed by atoms with Crippen molar-refractivity contribution in [2.24, 2.45) is 10.3 Å². The summed E-state index contributed by atoms with van der Waals surface area (Å²) in [5.41, 5.74) is 1.07. The Morgan fingerprint density at radius 3 is 2.62 bits per heavy atom. The molecule has 1 saturated heterocycles. The van der Waals surface area contributed by atoms with Crippen LogP contribution in [0.25, 0.3) is 0 Å². The van der Waals surface area contributed by atoms with Crippen LogP contribution in [0, 0.1) is 5.82 Å². The van der Waals surface area contributed by atoms with Crippen molar-refractivity contribution in [3.05, 3.63) is 64.9 Å². The van der Waals surface area contributed by atoms with Crippen LogP contribution in [0.2, 0.25) is 5.02 Å². The number of rotatable bonds is 5. The molecular weight excluding hydrogens is 401 g/mol. The fraction of sp³-hybridized carbons (Fsp3) is 0.211. The summed E-state index contributed by atoms with van der Waals surface area (Å²) in [6.45, 7) is 0.0976. The van der Waals surface area contributed by atoms with Crippen LogP contribution in [0.1, 0.15) is 5.56 Å². The molecule has 2 aromatic carbocycles. The predicted molar refractivity (Wildman–Crippen MR) is 101 cm³/mol. The van der Waals surface area contributed by atoms with E-state index in [4.69, 9.17) is 11.6 Å². The van der Waals surface area contributed by atoms with Gasteiger partial charge in [0.05, 0.1) is 10.7 Å². The molecule has 0 aliphatic carbocycles. The Balaban J connectivity index is 1.45. The van der Waals surface area contributed by atoms with E-state index in [0.29, 0.717) is 6.54 Å². The lowest BCUT2D eigenvalue weighted by Gasteiger charge is -2.20. The molecule has 148 valence electrons. The summed E-state index contributed by atoms with van der Waals surface area (Å²) in [7, 11) is 0. The number of halogens is 2. The van der Waals surface area contributed by atoms with E-state index in [1.54, 1.807) is 0 Å². The SMILES string of the molecule is O=C(CN1N=NC2C(=O)N(c3ccc(F)c(Cl)c3)C(=O)C21)NCc1ccccc1. The second-order valence-electron chi connectivity index (χ2n) is 6.56. The lowest BCUT2D eigenvalue weighted by molar-refractivity contribution is -0.125. The minimum Gasteiger partial charge on any atom is -0.350 e. The van der Waals surface area contributed by atoms with Crippen molar-refractivity contribution in [1.82, 2.24) is 10.3 Å². The summed E-state index contributed by atoms with van der Waals surface area (Å²) < 4.78 is 13.4. The zero-order chi connectivity index (χ0) is 20.5. The van der Waals surface area contributed by atoms with E-state index in [9.17, 15) is 18.8 Å². The van der Waals surface area contributed by atoms with E-state index < -0.39 is 29.7 Å². The lowest BCUT2D eigenvalue weighted by Crippen LogP contribution is -2.44. The quantitative estimate of drug-likeness (QED) is 0.756. The van der Waals surface area contributed by atoms with Crippen molar-refractivity contribution in [2.75, 3.05) is 11.4 Å². The molecule has 4 rings (SSSR count). The molecule has 2 atom stereocenters. The topological polar surface area (TPSA) is 94.4 Å². The van der Waals surface area contributed by atoms with Crippen LogP contribution in [0.15, 0.2) is 58.9 Å². The number of fused-ring (bicyclic) bond motifs is 1. The zero-order valence-corrected chi connectivity index (χ0v) is 15.7. The van der Waals surface area contributed by atoms with Gasteiger partial charge in [-0.3, -0.25) is 19.4 Å². The molecule has 1 N–H and O–H groups in total. The molecular formula is C19H15ClFN5O3. The third-order valence-corrected chi connectivity index (χ3v) is 4.95. The molecule has 0 aromatic heterocycles. The first-order valence-corrected chi connectivity index (χ1v) is 9.14. The fourth-order valence-corrected chi connectivity index (χ4v) is 3.41. The minimum absolute atomic E-state index is 0.143. The molecule has 3 amide bonds. The van der Waals surface area contributed by atoms with Gasteiger partial charge in [0.1, 0.15) is 12.4 Å². The number of benzene rings is 2. The molecule has 2 aliphatic rings. The number of imide groups is 1. The number of hydrogen-bond acceptors (Lipinski definition) is 6. The van der Waals surface area contributed by atoms with E-state index in [1.807, 2.05) is 30.3 Å². The molecule has 2 heterocycles. The first-order chi connectivity index (χ1) is 14.0. The monoisotopic (exact) mass is 415 g/mol.